The highest BCUT2D eigenvalue weighted by atomic mass is 35.5. The van der Waals surface area contributed by atoms with E-state index in [1.165, 1.54) is 25.1 Å². The first kappa shape index (κ1) is 22.5. The van der Waals surface area contributed by atoms with Gasteiger partial charge in [-0.05, 0) is 57.0 Å². The molecule has 28 heavy (non-hydrogen) atoms. The van der Waals surface area contributed by atoms with Crippen LogP contribution in [0.25, 0.3) is 0 Å². The van der Waals surface area contributed by atoms with Gasteiger partial charge in [-0.1, -0.05) is 47.0 Å². The summed E-state index contributed by atoms with van der Waals surface area (Å²) in [5.74, 6) is -0.421. The third-order valence-corrected chi connectivity index (χ3v) is 6.13. The molecule has 2 atom stereocenters. The van der Waals surface area contributed by atoms with E-state index in [-0.39, 0.29) is 21.8 Å². The molecule has 1 N–H and O–H groups in total. The third-order valence-electron chi connectivity index (χ3n) is 4.45. The van der Waals surface area contributed by atoms with Crippen LogP contribution in [0, 0.1) is 13.8 Å². The van der Waals surface area contributed by atoms with Crippen molar-refractivity contribution < 1.29 is 13.2 Å². The Morgan fingerprint density at radius 1 is 1.04 bits per heavy atom. The predicted octanol–water partition coefficient (Wildman–Crippen LogP) is 4.64. The molecule has 2 aromatic carbocycles. The van der Waals surface area contributed by atoms with E-state index < -0.39 is 22.0 Å². The Labute approximate surface area is 176 Å². The lowest BCUT2D eigenvalue weighted by Gasteiger charge is -2.29. The summed E-state index contributed by atoms with van der Waals surface area (Å²) in [6, 6.07) is 9.17. The van der Waals surface area contributed by atoms with Gasteiger partial charge in [0.05, 0.1) is 18.0 Å². The average Bonchev–Trinajstić information content (AvgIpc) is 2.54. The summed E-state index contributed by atoms with van der Waals surface area (Å²) in [7, 11) is -3.76. The number of sulfonamides is 1. The average molecular weight is 443 g/mol. The minimum atomic E-state index is -3.76. The van der Waals surface area contributed by atoms with Crippen LogP contribution >= 0.6 is 23.2 Å². The number of benzene rings is 2. The number of carbonyl (C=O) groups is 1. The SMILES string of the molecule is Cc1ccc(C)c([C@@H](C)NC(=O)[C@@H](C)N(c2cc(Cl)cc(Cl)c2)S(C)(=O)=O)c1. The molecule has 2 aromatic rings. The van der Waals surface area contributed by atoms with Crippen LogP contribution in [-0.4, -0.2) is 26.6 Å². The maximum Gasteiger partial charge on any atom is 0.244 e. The highest BCUT2D eigenvalue weighted by Crippen LogP contribution is 2.29. The molecular formula is C20H24Cl2N2O3S. The molecule has 0 saturated heterocycles. The van der Waals surface area contributed by atoms with Crippen molar-refractivity contribution in [2.45, 2.75) is 39.8 Å². The number of amides is 1. The number of halogens is 2. The zero-order chi connectivity index (χ0) is 21.2. The Morgan fingerprint density at radius 2 is 1.61 bits per heavy atom. The smallest absolute Gasteiger partial charge is 0.244 e. The van der Waals surface area contributed by atoms with E-state index in [0.717, 1.165) is 27.3 Å². The molecule has 5 nitrogen and oxygen atoms in total. The standard InChI is InChI=1S/C20H24Cl2N2O3S/c1-12-6-7-13(2)19(8-12)14(3)23-20(25)15(4)24(28(5,26)27)18-10-16(21)9-17(22)11-18/h6-11,14-15H,1-5H3,(H,23,25)/t14-,15-/m1/s1. The van der Waals surface area contributed by atoms with Crippen molar-refractivity contribution in [3.63, 3.8) is 0 Å². The number of nitrogens with one attached hydrogen (secondary N) is 1. The highest BCUT2D eigenvalue weighted by molar-refractivity contribution is 7.92. The molecule has 0 bridgehead atoms. The fourth-order valence-electron chi connectivity index (χ4n) is 3.11. The first-order chi connectivity index (χ1) is 12.9. The lowest BCUT2D eigenvalue weighted by Crippen LogP contribution is -2.48. The molecular weight excluding hydrogens is 419 g/mol. The van der Waals surface area contributed by atoms with Crippen LogP contribution in [-0.2, 0) is 14.8 Å². The molecule has 0 aliphatic rings. The summed E-state index contributed by atoms with van der Waals surface area (Å²) >= 11 is 12.0. The summed E-state index contributed by atoms with van der Waals surface area (Å²) in [6.07, 6.45) is 1.04. The molecule has 152 valence electrons. The van der Waals surface area contributed by atoms with Gasteiger partial charge in [-0.2, -0.15) is 0 Å². The van der Waals surface area contributed by atoms with Crippen molar-refractivity contribution in [3.8, 4) is 0 Å². The van der Waals surface area contributed by atoms with E-state index >= 15 is 0 Å². The molecule has 0 radical (unpaired) electrons. The molecule has 0 aliphatic heterocycles. The Kier molecular flexibility index (Phi) is 7.02. The van der Waals surface area contributed by atoms with Gasteiger partial charge in [0, 0.05) is 10.0 Å². The first-order valence-corrected chi connectivity index (χ1v) is 11.3. The summed E-state index contributed by atoms with van der Waals surface area (Å²) in [5, 5.41) is 3.47. The van der Waals surface area contributed by atoms with Gasteiger partial charge in [0.25, 0.3) is 0 Å². The van der Waals surface area contributed by atoms with Gasteiger partial charge in [0.2, 0.25) is 15.9 Å². The summed E-state index contributed by atoms with van der Waals surface area (Å²) in [6.45, 7) is 7.35. The molecule has 0 fully saturated rings. The fraction of sp³-hybridized carbons (Fsp3) is 0.350. The van der Waals surface area contributed by atoms with E-state index in [1.807, 2.05) is 39.0 Å². The summed E-state index contributed by atoms with van der Waals surface area (Å²) in [4.78, 5) is 12.9. The molecule has 0 heterocycles. The molecule has 8 heteroatoms. The Morgan fingerprint density at radius 3 is 2.14 bits per heavy atom. The third kappa shape index (κ3) is 5.40. The van der Waals surface area contributed by atoms with Crippen molar-refractivity contribution in [1.29, 1.82) is 0 Å². The number of aryl methyl sites for hydroxylation is 2. The molecule has 1 amide bonds. The van der Waals surface area contributed by atoms with Crippen molar-refractivity contribution in [1.82, 2.24) is 5.32 Å². The van der Waals surface area contributed by atoms with Crippen LogP contribution in [0.15, 0.2) is 36.4 Å². The van der Waals surface area contributed by atoms with Gasteiger partial charge in [-0.25, -0.2) is 8.42 Å². The summed E-state index contributed by atoms with van der Waals surface area (Å²) in [5.41, 5.74) is 3.35. The number of hydrogen-bond donors (Lipinski definition) is 1. The monoisotopic (exact) mass is 442 g/mol. The number of hydrogen-bond acceptors (Lipinski definition) is 3. The first-order valence-electron chi connectivity index (χ1n) is 8.73. The van der Waals surface area contributed by atoms with Crippen LogP contribution in [0.4, 0.5) is 5.69 Å². The van der Waals surface area contributed by atoms with Crippen molar-refractivity contribution in [2.24, 2.45) is 0 Å². The zero-order valence-corrected chi connectivity index (χ0v) is 18.8. The van der Waals surface area contributed by atoms with E-state index in [0.29, 0.717) is 0 Å². The van der Waals surface area contributed by atoms with Gasteiger partial charge in [-0.3, -0.25) is 9.10 Å². The number of nitrogens with zero attached hydrogens (tertiary/aromatic N) is 1. The molecule has 0 unspecified atom stereocenters. The van der Waals surface area contributed by atoms with E-state index in [1.54, 1.807) is 0 Å². The van der Waals surface area contributed by atoms with Crippen molar-refractivity contribution in [3.05, 3.63) is 63.1 Å². The van der Waals surface area contributed by atoms with E-state index in [9.17, 15) is 13.2 Å². The van der Waals surface area contributed by atoms with Crippen molar-refractivity contribution >= 4 is 44.8 Å². The molecule has 2 rings (SSSR count). The van der Waals surface area contributed by atoms with Gasteiger partial charge in [0.15, 0.2) is 0 Å². The Hall–Kier alpha value is -1.76. The van der Waals surface area contributed by atoms with Crippen LogP contribution in [0.5, 0.6) is 0 Å². The Bertz CT molecular complexity index is 973. The second kappa shape index (κ2) is 8.72. The number of anilines is 1. The maximum absolute atomic E-state index is 12.9. The predicted molar refractivity (Wildman–Crippen MR) is 116 cm³/mol. The number of carbonyl (C=O) groups excluding carboxylic acids is 1. The second-order valence-electron chi connectivity index (χ2n) is 6.95. The zero-order valence-electron chi connectivity index (χ0n) is 16.5. The second-order valence-corrected chi connectivity index (χ2v) is 9.69. The van der Waals surface area contributed by atoms with Gasteiger partial charge < -0.3 is 5.32 Å². The van der Waals surface area contributed by atoms with E-state index in [2.05, 4.69) is 5.32 Å². The largest absolute Gasteiger partial charge is 0.348 e. The number of rotatable bonds is 6. The van der Waals surface area contributed by atoms with Crippen LogP contribution in [0.3, 0.4) is 0 Å². The van der Waals surface area contributed by atoms with Crippen LogP contribution < -0.4 is 9.62 Å². The minimum absolute atomic E-state index is 0.238. The fourth-order valence-corrected chi connectivity index (χ4v) is 4.79. The molecule has 0 aliphatic carbocycles. The van der Waals surface area contributed by atoms with Gasteiger partial charge >= 0.3 is 0 Å². The quantitative estimate of drug-likeness (QED) is 0.707. The van der Waals surface area contributed by atoms with Crippen LogP contribution in [0.1, 0.15) is 36.6 Å². The van der Waals surface area contributed by atoms with Crippen molar-refractivity contribution in [2.75, 3.05) is 10.6 Å². The lowest BCUT2D eigenvalue weighted by atomic mass is 10.00. The normalized spacial score (nSPS) is 13.7. The lowest BCUT2D eigenvalue weighted by molar-refractivity contribution is -0.122. The Balaban J connectivity index is 2.32. The molecule has 0 spiro atoms. The minimum Gasteiger partial charge on any atom is -0.348 e. The van der Waals surface area contributed by atoms with Gasteiger partial charge in [-0.15, -0.1) is 0 Å². The highest BCUT2D eigenvalue weighted by Gasteiger charge is 2.30. The summed E-state index contributed by atoms with van der Waals surface area (Å²) < 4.78 is 25.9. The molecule has 0 aromatic heterocycles. The van der Waals surface area contributed by atoms with E-state index in [4.69, 9.17) is 23.2 Å². The molecule has 0 saturated carbocycles. The topological polar surface area (TPSA) is 66.5 Å². The van der Waals surface area contributed by atoms with Gasteiger partial charge in [0.1, 0.15) is 6.04 Å². The maximum atomic E-state index is 12.9. The van der Waals surface area contributed by atoms with Crippen LogP contribution in [0.2, 0.25) is 10.0 Å².